The summed E-state index contributed by atoms with van der Waals surface area (Å²) in [5, 5.41) is 3.42. The normalized spacial score (nSPS) is 18.3. The Labute approximate surface area is 190 Å². The van der Waals surface area contributed by atoms with Gasteiger partial charge in [-0.05, 0) is 66.6 Å². The second kappa shape index (κ2) is 9.40. The Morgan fingerprint density at radius 2 is 1.81 bits per heavy atom. The second-order valence-electron chi connectivity index (χ2n) is 7.60. The molecule has 1 aliphatic heterocycles. The molecule has 0 aliphatic carbocycles. The van der Waals surface area contributed by atoms with Crippen LogP contribution in [0.15, 0.2) is 72.8 Å². The number of piperidine rings is 1. The lowest BCUT2D eigenvalue weighted by Gasteiger charge is -2.41. The molecule has 0 spiro atoms. The van der Waals surface area contributed by atoms with Gasteiger partial charge < -0.3 is 15.0 Å². The number of methoxy groups -OCH3 is 1. The minimum atomic E-state index is -0.593. The van der Waals surface area contributed by atoms with E-state index in [4.69, 9.17) is 16.3 Å². The fourth-order valence-electron chi connectivity index (χ4n) is 4.06. The third-order valence-corrected chi connectivity index (χ3v) is 5.82. The number of benzene rings is 3. The SMILES string of the molecule is COc1ccc(N2C(=O)CC[C@H](C(=O)Nc3cccc(Cl)c3)[C@H]2c2ccc(F)cc2)cc1. The van der Waals surface area contributed by atoms with Crippen LogP contribution in [0.25, 0.3) is 0 Å². The van der Waals surface area contributed by atoms with Gasteiger partial charge in [0.05, 0.1) is 19.1 Å². The summed E-state index contributed by atoms with van der Waals surface area (Å²) < 4.78 is 18.9. The van der Waals surface area contributed by atoms with Crippen LogP contribution in [0.4, 0.5) is 15.8 Å². The average molecular weight is 453 g/mol. The smallest absolute Gasteiger partial charge is 0.229 e. The molecule has 1 saturated heterocycles. The quantitative estimate of drug-likeness (QED) is 0.547. The van der Waals surface area contributed by atoms with E-state index in [0.717, 1.165) is 0 Å². The van der Waals surface area contributed by atoms with Crippen LogP contribution in [0.1, 0.15) is 24.4 Å². The molecule has 2 amide bonds. The fraction of sp³-hybridized carbons (Fsp3) is 0.200. The minimum absolute atomic E-state index is 0.101. The van der Waals surface area contributed by atoms with Gasteiger partial charge in [0.1, 0.15) is 11.6 Å². The van der Waals surface area contributed by atoms with E-state index in [1.807, 2.05) is 0 Å². The van der Waals surface area contributed by atoms with E-state index in [1.165, 1.54) is 12.1 Å². The molecule has 0 radical (unpaired) electrons. The summed E-state index contributed by atoms with van der Waals surface area (Å²) in [6, 6.07) is 19.3. The van der Waals surface area contributed by atoms with E-state index in [-0.39, 0.29) is 24.1 Å². The molecule has 0 aromatic heterocycles. The first kappa shape index (κ1) is 21.8. The summed E-state index contributed by atoms with van der Waals surface area (Å²) in [6.07, 6.45) is 0.595. The first-order chi connectivity index (χ1) is 15.5. The Hall–Kier alpha value is -3.38. The predicted octanol–water partition coefficient (Wildman–Crippen LogP) is 5.61. The number of ether oxygens (including phenoxy) is 1. The molecule has 3 aromatic carbocycles. The van der Waals surface area contributed by atoms with Gasteiger partial charge in [-0.3, -0.25) is 9.59 Å². The van der Waals surface area contributed by atoms with Crippen LogP contribution in [0, 0.1) is 11.7 Å². The van der Waals surface area contributed by atoms with E-state index in [2.05, 4.69) is 5.32 Å². The van der Waals surface area contributed by atoms with Crippen LogP contribution < -0.4 is 15.0 Å². The number of nitrogens with one attached hydrogen (secondary N) is 1. The van der Waals surface area contributed by atoms with Crippen molar-refractivity contribution in [1.82, 2.24) is 0 Å². The van der Waals surface area contributed by atoms with E-state index in [1.54, 1.807) is 72.7 Å². The number of hydrogen-bond donors (Lipinski definition) is 1. The number of carbonyl (C=O) groups is 2. The number of anilines is 2. The number of amides is 2. The first-order valence-corrected chi connectivity index (χ1v) is 10.6. The van der Waals surface area contributed by atoms with Gasteiger partial charge in [0.2, 0.25) is 11.8 Å². The predicted molar refractivity (Wildman–Crippen MR) is 122 cm³/mol. The van der Waals surface area contributed by atoms with E-state index in [9.17, 15) is 14.0 Å². The highest BCUT2D eigenvalue weighted by Crippen LogP contribution is 2.41. The summed E-state index contributed by atoms with van der Waals surface area (Å²) in [5.41, 5.74) is 1.90. The van der Waals surface area contributed by atoms with Crippen molar-refractivity contribution in [3.8, 4) is 5.75 Å². The maximum Gasteiger partial charge on any atom is 0.229 e. The molecule has 1 fully saturated rings. The average Bonchev–Trinajstić information content (AvgIpc) is 2.79. The Balaban J connectivity index is 1.73. The summed E-state index contributed by atoms with van der Waals surface area (Å²) in [4.78, 5) is 28.0. The molecule has 0 unspecified atom stereocenters. The Morgan fingerprint density at radius 1 is 1.09 bits per heavy atom. The zero-order chi connectivity index (χ0) is 22.7. The molecule has 0 bridgehead atoms. The molecule has 1 heterocycles. The molecule has 1 N–H and O–H groups in total. The largest absolute Gasteiger partial charge is 0.497 e. The monoisotopic (exact) mass is 452 g/mol. The summed E-state index contributed by atoms with van der Waals surface area (Å²) >= 11 is 6.05. The fourth-order valence-corrected chi connectivity index (χ4v) is 4.25. The highest BCUT2D eigenvalue weighted by molar-refractivity contribution is 6.30. The van der Waals surface area contributed by atoms with Crippen molar-refractivity contribution in [2.75, 3.05) is 17.3 Å². The van der Waals surface area contributed by atoms with Crippen LogP contribution in [-0.2, 0) is 9.59 Å². The Morgan fingerprint density at radius 3 is 2.47 bits per heavy atom. The summed E-state index contributed by atoms with van der Waals surface area (Å²) in [6.45, 7) is 0. The minimum Gasteiger partial charge on any atom is -0.497 e. The van der Waals surface area contributed by atoms with Crippen molar-refractivity contribution in [2.24, 2.45) is 5.92 Å². The van der Waals surface area contributed by atoms with Gasteiger partial charge in [0, 0.05) is 22.8 Å². The number of carbonyl (C=O) groups excluding carboxylic acids is 2. The van der Waals surface area contributed by atoms with E-state index >= 15 is 0 Å². The number of rotatable bonds is 5. The number of hydrogen-bond acceptors (Lipinski definition) is 3. The molecule has 5 nitrogen and oxygen atoms in total. The Kier molecular flexibility index (Phi) is 6.42. The van der Waals surface area contributed by atoms with Gasteiger partial charge in [-0.15, -0.1) is 0 Å². The standard InChI is InChI=1S/C25H22ClFN2O3/c1-32-21-11-9-20(10-12-21)29-23(30)14-13-22(24(29)16-5-7-18(27)8-6-16)25(31)28-19-4-2-3-17(26)15-19/h2-12,15,22,24H,13-14H2,1H3,(H,28,31)/t22-,24+/m0/s1. The van der Waals surface area contributed by atoms with Crippen molar-refractivity contribution in [3.05, 3.63) is 89.2 Å². The van der Waals surface area contributed by atoms with Crippen LogP contribution >= 0.6 is 11.6 Å². The van der Waals surface area contributed by atoms with Gasteiger partial charge in [0.15, 0.2) is 0 Å². The maximum absolute atomic E-state index is 13.6. The molecule has 7 heteroatoms. The highest BCUT2D eigenvalue weighted by Gasteiger charge is 2.41. The van der Waals surface area contributed by atoms with Gasteiger partial charge in [0.25, 0.3) is 0 Å². The van der Waals surface area contributed by atoms with Crippen LogP contribution in [0.5, 0.6) is 5.75 Å². The molecule has 4 rings (SSSR count). The molecule has 32 heavy (non-hydrogen) atoms. The molecule has 164 valence electrons. The van der Waals surface area contributed by atoms with E-state index in [0.29, 0.717) is 34.1 Å². The highest BCUT2D eigenvalue weighted by atomic mass is 35.5. The lowest BCUT2D eigenvalue weighted by Crippen LogP contribution is -2.47. The van der Waals surface area contributed by atoms with Crippen molar-refractivity contribution < 1.29 is 18.7 Å². The van der Waals surface area contributed by atoms with Gasteiger partial charge in [-0.25, -0.2) is 4.39 Å². The van der Waals surface area contributed by atoms with Crippen LogP contribution in [0.3, 0.4) is 0 Å². The lowest BCUT2D eigenvalue weighted by molar-refractivity contribution is -0.125. The van der Waals surface area contributed by atoms with Crippen molar-refractivity contribution >= 4 is 34.8 Å². The number of halogens is 2. The lowest BCUT2D eigenvalue weighted by atomic mass is 9.83. The van der Waals surface area contributed by atoms with Crippen molar-refractivity contribution in [1.29, 1.82) is 0 Å². The molecular weight excluding hydrogens is 431 g/mol. The van der Waals surface area contributed by atoms with Gasteiger partial charge in [-0.1, -0.05) is 29.8 Å². The molecular formula is C25H22ClFN2O3. The van der Waals surface area contributed by atoms with E-state index < -0.39 is 12.0 Å². The maximum atomic E-state index is 13.6. The van der Waals surface area contributed by atoms with Gasteiger partial charge in [-0.2, -0.15) is 0 Å². The van der Waals surface area contributed by atoms with Crippen LogP contribution in [0.2, 0.25) is 5.02 Å². The zero-order valence-corrected chi connectivity index (χ0v) is 18.2. The first-order valence-electron chi connectivity index (χ1n) is 10.2. The Bertz CT molecular complexity index is 1120. The molecule has 3 aromatic rings. The topological polar surface area (TPSA) is 58.6 Å². The van der Waals surface area contributed by atoms with Crippen molar-refractivity contribution in [2.45, 2.75) is 18.9 Å². The second-order valence-corrected chi connectivity index (χ2v) is 8.04. The molecule has 2 atom stereocenters. The summed E-state index contributed by atoms with van der Waals surface area (Å²) in [7, 11) is 1.57. The summed E-state index contributed by atoms with van der Waals surface area (Å²) in [5.74, 6) is -0.596. The molecule has 1 aliphatic rings. The van der Waals surface area contributed by atoms with Crippen molar-refractivity contribution in [3.63, 3.8) is 0 Å². The van der Waals surface area contributed by atoms with Crippen LogP contribution in [-0.4, -0.2) is 18.9 Å². The number of nitrogens with zero attached hydrogens (tertiary/aromatic N) is 1. The molecule has 0 saturated carbocycles. The third-order valence-electron chi connectivity index (χ3n) is 5.59. The zero-order valence-electron chi connectivity index (χ0n) is 17.4. The third kappa shape index (κ3) is 4.60. The van der Waals surface area contributed by atoms with Gasteiger partial charge >= 0.3 is 0 Å².